The third-order valence-electron chi connectivity index (χ3n) is 4.45. The zero-order valence-corrected chi connectivity index (χ0v) is 13.0. The van der Waals surface area contributed by atoms with Gasteiger partial charge in [-0.2, -0.15) is 5.26 Å². The van der Waals surface area contributed by atoms with Crippen LogP contribution in [0.25, 0.3) is 10.8 Å². The maximum absolute atomic E-state index is 12.9. The average molecular weight is 297 g/mol. The summed E-state index contributed by atoms with van der Waals surface area (Å²) in [5.41, 5.74) is 0. The Morgan fingerprint density at radius 2 is 1.90 bits per heavy atom. The molecule has 0 bridgehead atoms. The van der Waals surface area contributed by atoms with Gasteiger partial charge in [0.2, 0.25) is 0 Å². The molecule has 2 aromatic carbocycles. The van der Waals surface area contributed by atoms with Crippen molar-refractivity contribution in [2.24, 2.45) is 11.8 Å². The monoisotopic (exact) mass is 297 g/mol. The van der Waals surface area contributed by atoms with E-state index in [0.717, 1.165) is 34.9 Å². The Bertz CT molecular complexity index is 718. The molecule has 4 atom stereocenters. The Morgan fingerprint density at radius 1 is 1.14 bits per heavy atom. The fourth-order valence-corrected chi connectivity index (χ4v) is 4.97. The van der Waals surface area contributed by atoms with Gasteiger partial charge in [-0.1, -0.05) is 37.3 Å². The number of nitriles is 1. The van der Waals surface area contributed by atoms with Crippen LogP contribution in [0.2, 0.25) is 0 Å². The zero-order valence-electron chi connectivity index (χ0n) is 12.2. The number of benzene rings is 2. The summed E-state index contributed by atoms with van der Waals surface area (Å²) < 4.78 is 12.9. The summed E-state index contributed by atoms with van der Waals surface area (Å²) in [4.78, 5) is 0.855. The van der Waals surface area contributed by atoms with Gasteiger partial charge in [0.25, 0.3) is 0 Å². The molecule has 0 heterocycles. The van der Waals surface area contributed by atoms with E-state index >= 15 is 0 Å². The molecule has 0 N–H and O–H groups in total. The van der Waals surface area contributed by atoms with Gasteiger partial charge in [0, 0.05) is 4.90 Å². The smallest absolute Gasteiger partial charge is 0.0668 e. The largest absolute Gasteiger partial charge is 0.254 e. The number of rotatable bonds is 2. The molecule has 1 aliphatic carbocycles. The van der Waals surface area contributed by atoms with Gasteiger partial charge in [-0.05, 0) is 48.1 Å². The van der Waals surface area contributed by atoms with Crippen LogP contribution in [0.5, 0.6) is 0 Å². The highest BCUT2D eigenvalue weighted by Gasteiger charge is 2.33. The quantitative estimate of drug-likeness (QED) is 0.830. The first kappa shape index (κ1) is 14.3. The van der Waals surface area contributed by atoms with Crippen molar-refractivity contribution in [3.05, 3.63) is 42.5 Å². The number of hydrogen-bond donors (Lipinski definition) is 0. The first-order chi connectivity index (χ1) is 10.2. The fraction of sp³-hybridized carbons (Fsp3) is 0.389. The van der Waals surface area contributed by atoms with E-state index in [9.17, 15) is 9.47 Å². The Balaban J connectivity index is 1.93. The lowest BCUT2D eigenvalue weighted by Gasteiger charge is -2.30. The summed E-state index contributed by atoms with van der Waals surface area (Å²) in [5.74, 6) is 0.484. The molecule has 1 aliphatic rings. The average Bonchev–Trinajstić information content (AvgIpc) is 2.53. The molecule has 0 aromatic heterocycles. The van der Waals surface area contributed by atoms with Crippen LogP contribution >= 0.6 is 0 Å². The number of hydrogen-bond acceptors (Lipinski definition) is 2. The lowest BCUT2D eigenvalue weighted by molar-refractivity contribution is 0.341. The third kappa shape index (κ3) is 2.87. The van der Waals surface area contributed by atoms with E-state index < -0.39 is 10.8 Å². The summed E-state index contributed by atoms with van der Waals surface area (Å²) in [6, 6.07) is 16.5. The molecule has 1 fully saturated rings. The predicted octanol–water partition coefficient (Wildman–Crippen LogP) is 4.28. The maximum atomic E-state index is 12.9. The molecular weight excluding hydrogens is 278 g/mol. The van der Waals surface area contributed by atoms with Crippen LogP contribution in [0.4, 0.5) is 0 Å². The van der Waals surface area contributed by atoms with Crippen molar-refractivity contribution in [2.45, 2.75) is 36.3 Å². The second kappa shape index (κ2) is 5.99. The molecule has 4 unspecified atom stereocenters. The summed E-state index contributed by atoms with van der Waals surface area (Å²) in [5, 5.41) is 11.6. The molecule has 108 valence electrons. The van der Waals surface area contributed by atoms with Gasteiger partial charge in [0.15, 0.2) is 0 Å². The molecule has 0 spiro atoms. The molecule has 2 aromatic rings. The van der Waals surface area contributed by atoms with Crippen LogP contribution in [0, 0.1) is 23.2 Å². The minimum atomic E-state index is -1.10. The summed E-state index contributed by atoms with van der Waals surface area (Å²) in [6.45, 7) is 2.19. The number of fused-ring (bicyclic) bond motifs is 1. The summed E-state index contributed by atoms with van der Waals surface area (Å²) >= 11 is 0. The van der Waals surface area contributed by atoms with E-state index in [4.69, 9.17) is 0 Å². The first-order valence-electron chi connectivity index (χ1n) is 7.48. The molecule has 3 heteroatoms. The van der Waals surface area contributed by atoms with Crippen molar-refractivity contribution < 1.29 is 4.21 Å². The van der Waals surface area contributed by atoms with E-state index in [1.165, 1.54) is 0 Å². The summed E-state index contributed by atoms with van der Waals surface area (Å²) in [7, 11) is -1.10. The van der Waals surface area contributed by atoms with Gasteiger partial charge in [0.1, 0.15) is 0 Å². The Labute approximate surface area is 128 Å². The van der Waals surface area contributed by atoms with Crippen LogP contribution in [0.1, 0.15) is 26.2 Å². The second-order valence-electron chi connectivity index (χ2n) is 6.00. The van der Waals surface area contributed by atoms with Crippen molar-refractivity contribution in [3.8, 4) is 6.07 Å². The highest BCUT2D eigenvalue weighted by atomic mass is 32.2. The zero-order chi connectivity index (χ0) is 14.8. The van der Waals surface area contributed by atoms with Gasteiger partial charge >= 0.3 is 0 Å². The second-order valence-corrected chi connectivity index (χ2v) is 7.67. The number of nitrogens with zero attached hydrogens (tertiary/aromatic N) is 1. The fourth-order valence-electron chi connectivity index (χ4n) is 3.18. The minimum Gasteiger partial charge on any atom is -0.254 e. The van der Waals surface area contributed by atoms with Crippen LogP contribution in [0.3, 0.4) is 0 Å². The van der Waals surface area contributed by atoms with E-state index in [1.54, 1.807) is 0 Å². The van der Waals surface area contributed by atoms with E-state index in [1.807, 2.05) is 36.4 Å². The highest BCUT2D eigenvalue weighted by molar-refractivity contribution is 7.85. The predicted molar refractivity (Wildman–Crippen MR) is 86.3 cm³/mol. The van der Waals surface area contributed by atoms with Crippen LogP contribution in [0.15, 0.2) is 47.4 Å². The SMILES string of the molecule is CC1CCC(C#N)C(S(=O)c2ccc3ccccc3c2)C1. The molecule has 1 saturated carbocycles. The highest BCUT2D eigenvalue weighted by Crippen LogP contribution is 2.34. The van der Waals surface area contributed by atoms with Gasteiger partial charge in [-0.3, -0.25) is 4.21 Å². The molecule has 0 amide bonds. The Morgan fingerprint density at radius 3 is 2.67 bits per heavy atom. The molecule has 0 radical (unpaired) electrons. The first-order valence-corrected chi connectivity index (χ1v) is 8.69. The van der Waals surface area contributed by atoms with Gasteiger partial charge in [0.05, 0.1) is 28.0 Å². The van der Waals surface area contributed by atoms with Crippen molar-refractivity contribution in [3.63, 3.8) is 0 Å². The Hall–Kier alpha value is -1.66. The minimum absolute atomic E-state index is 0.0279. The molecule has 0 aliphatic heterocycles. The van der Waals surface area contributed by atoms with Crippen molar-refractivity contribution in [1.29, 1.82) is 5.26 Å². The maximum Gasteiger partial charge on any atom is 0.0668 e. The van der Waals surface area contributed by atoms with Crippen LogP contribution < -0.4 is 0 Å². The van der Waals surface area contributed by atoms with Gasteiger partial charge in [-0.15, -0.1) is 0 Å². The van der Waals surface area contributed by atoms with Crippen LogP contribution in [-0.2, 0) is 10.8 Å². The third-order valence-corrected chi connectivity index (χ3v) is 6.24. The summed E-state index contributed by atoms with van der Waals surface area (Å²) in [6.07, 6.45) is 2.84. The lowest BCUT2D eigenvalue weighted by Crippen LogP contribution is -2.31. The molecule has 0 saturated heterocycles. The molecule has 21 heavy (non-hydrogen) atoms. The van der Waals surface area contributed by atoms with Gasteiger partial charge < -0.3 is 0 Å². The topological polar surface area (TPSA) is 40.9 Å². The van der Waals surface area contributed by atoms with Crippen molar-refractivity contribution in [1.82, 2.24) is 0 Å². The molecular formula is C18H19NOS. The molecule has 3 rings (SSSR count). The van der Waals surface area contributed by atoms with Crippen molar-refractivity contribution in [2.75, 3.05) is 0 Å². The normalized spacial score (nSPS) is 27.1. The van der Waals surface area contributed by atoms with Gasteiger partial charge in [-0.25, -0.2) is 0 Å². The van der Waals surface area contributed by atoms with E-state index in [0.29, 0.717) is 5.92 Å². The Kier molecular flexibility index (Phi) is 4.07. The van der Waals surface area contributed by atoms with E-state index in [-0.39, 0.29) is 11.2 Å². The lowest BCUT2D eigenvalue weighted by atomic mass is 9.83. The van der Waals surface area contributed by atoms with Crippen molar-refractivity contribution >= 4 is 21.6 Å². The van der Waals surface area contributed by atoms with E-state index in [2.05, 4.69) is 19.1 Å². The molecule has 2 nitrogen and oxygen atoms in total. The standard InChI is InChI=1S/C18H19NOS/c1-13-6-7-16(12-19)18(10-13)21(20)17-9-8-14-4-2-3-5-15(14)11-17/h2-5,8-9,11,13,16,18H,6-7,10H2,1H3. The van der Waals surface area contributed by atoms with Crippen LogP contribution in [-0.4, -0.2) is 9.46 Å².